The summed E-state index contributed by atoms with van der Waals surface area (Å²) in [5.74, 6) is 1.39. The molecule has 0 radical (unpaired) electrons. The Morgan fingerprint density at radius 1 is 1.06 bits per heavy atom. The third kappa shape index (κ3) is 5.09. The number of rotatable bonds is 8. The molecule has 0 spiro atoms. The molecule has 2 N–H and O–H groups in total. The van der Waals surface area contributed by atoms with Gasteiger partial charge in [0.2, 0.25) is 5.91 Å². The van der Waals surface area contributed by atoms with Crippen LogP contribution in [-0.4, -0.2) is 34.7 Å². The normalized spacial score (nSPS) is 39.9. The van der Waals surface area contributed by atoms with Crippen LogP contribution in [0.4, 0.5) is 0 Å². The zero-order valence-electron chi connectivity index (χ0n) is 21.8. The van der Waals surface area contributed by atoms with E-state index in [0.717, 1.165) is 44.9 Å². The lowest BCUT2D eigenvalue weighted by Crippen LogP contribution is -2.55. The molecule has 3 aliphatic carbocycles. The quantitative estimate of drug-likeness (QED) is 0.528. The molecule has 5 nitrogen and oxygen atoms in total. The van der Waals surface area contributed by atoms with Gasteiger partial charge < -0.3 is 10.4 Å². The first-order chi connectivity index (χ1) is 15.4. The summed E-state index contributed by atoms with van der Waals surface area (Å²) in [4.78, 5) is 39.5. The van der Waals surface area contributed by atoms with Gasteiger partial charge in [-0.3, -0.25) is 14.4 Å². The van der Waals surface area contributed by atoms with Gasteiger partial charge in [-0.2, -0.15) is 0 Å². The van der Waals surface area contributed by atoms with E-state index in [4.69, 9.17) is 0 Å². The number of hydrogen-bond donors (Lipinski definition) is 2. The van der Waals surface area contributed by atoms with Crippen molar-refractivity contribution in [3.05, 3.63) is 0 Å². The molecule has 33 heavy (non-hydrogen) atoms. The van der Waals surface area contributed by atoms with Gasteiger partial charge in [-0.1, -0.05) is 27.7 Å². The van der Waals surface area contributed by atoms with Gasteiger partial charge in [0.15, 0.2) is 0 Å². The molecule has 0 aromatic heterocycles. The van der Waals surface area contributed by atoms with Crippen molar-refractivity contribution in [1.82, 2.24) is 5.32 Å². The molecular formula is C28H47NO4. The largest absolute Gasteiger partial charge is 0.393 e. The highest BCUT2D eigenvalue weighted by atomic mass is 16.3. The van der Waals surface area contributed by atoms with Crippen LogP contribution in [0.25, 0.3) is 0 Å². The monoisotopic (exact) mass is 461 g/mol. The lowest BCUT2D eigenvalue weighted by Gasteiger charge is -2.54. The third-order valence-electron chi connectivity index (χ3n) is 9.88. The number of ketones is 2. The molecule has 0 aromatic carbocycles. The zero-order valence-corrected chi connectivity index (χ0v) is 21.8. The van der Waals surface area contributed by atoms with Crippen molar-refractivity contribution in [3.63, 3.8) is 0 Å². The van der Waals surface area contributed by atoms with Crippen LogP contribution in [0.5, 0.6) is 0 Å². The minimum Gasteiger partial charge on any atom is -0.393 e. The number of Topliss-reactive ketones (excluding diaryl/α,β-unsaturated/α-hetero) is 2. The maximum atomic E-state index is 13.9. The number of aliphatic hydroxyl groups excluding tert-OH is 1. The molecule has 188 valence electrons. The smallest absolute Gasteiger partial charge is 0.220 e. The van der Waals surface area contributed by atoms with Crippen molar-refractivity contribution in [3.8, 4) is 0 Å². The summed E-state index contributed by atoms with van der Waals surface area (Å²) in [6, 6.07) is 0.140. The van der Waals surface area contributed by atoms with Gasteiger partial charge in [-0.25, -0.2) is 0 Å². The van der Waals surface area contributed by atoms with Gasteiger partial charge in [0.25, 0.3) is 0 Å². The van der Waals surface area contributed by atoms with Crippen molar-refractivity contribution in [2.45, 2.75) is 118 Å². The Hall–Kier alpha value is -1.23. The van der Waals surface area contributed by atoms with Crippen LogP contribution in [0.2, 0.25) is 0 Å². The fourth-order valence-corrected chi connectivity index (χ4v) is 7.85. The van der Waals surface area contributed by atoms with E-state index in [2.05, 4.69) is 26.1 Å². The second-order valence-electron chi connectivity index (χ2n) is 12.3. The summed E-state index contributed by atoms with van der Waals surface area (Å²) in [7, 11) is 0. The summed E-state index contributed by atoms with van der Waals surface area (Å²) in [5, 5.41) is 13.0. The molecule has 6 atom stereocenters. The SMILES string of the molecule is CCC(=O)[C@H]1[C@H](C2(C)CCC(O)CC2)CC(=O)[C@]2(C)[C@@H]1CC[C@H]2[C@@H](C)CCC(=O)NC(C)C. The summed E-state index contributed by atoms with van der Waals surface area (Å²) in [6.07, 6.45) is 7.28. The van der Waals surface area contributed by atoms with Crippen molar-refractivity contribution in [1.29, 1.82) is 0 Å². The predicted molar refractivity (Wildman–Crippen MR) is 130 cm³/mol. The van der Waals surface area contributed by atoms with E-state index in [9.17, 15) is 19.5 Å². The number of fused-ring (bicyclic) bond motifs is 1. The van der Waals surface area contributed by atoms with Crippen LogP contribution in [0, 0.1) is 40.4 Å². The number of hydrogen-bond acceptors (Lipinski definition) is 4. The molecule has 0 bridgehead atoms. The maximum absolute atomic E-state index is 13.9. The molecule has 3 fully saturated rings. The van der Waals surface area contributed by atoms with E-state index in [1.807, 2.05) is 20.8 Å². The van der Waals surface area contributed by atoms with Crippen LogP contribution < -0.4 is 5.32 Å². The molecule has 5 heteroatoms. The average molecular weight is 462 g/mol. The Morgan fingerprint density at radius 2 is 1.70 bits per heavy atom. The summed E-state index contributed by atoms with van der Waals surface area (Å²) < 4.78 is 0. The summed E-state index contributed by atoms with van der Waals surface area (Å²) >= 11 is 0. The van der Waals surface area contributed by atoms with E-state index < -0.39 is 5.41 Å². The third-order valence-corrected chi connectivity index (χ3v) is 9.88. The minimum absolute atomic E-state index is 0.0512. The number of nitrogens with one attached hydrogen (secondary N) is 1. The maximum Gasteiger partial charge on any atom is 0.220 e. The molecule has 3 saturated carbocycles. The van der Waals surface area contributed by atoms with E-state index in [1.54, 1.807) is 0 Å². The zero-order chi connectivity index (χ0) is 24.6. The number of aliphatic hydroxyl groups is 1. The van der Waals surface area contributed by atoms with Gasteiger partial charge >= 0.3 is 0 Å². The Labute approximate surface area is 200 Å². The van der Waals surface area contributed by atoms with Crippen molar-refractivity contribution in [2.24, 2.45) is 40.4 Å². The van der Waals surface area contributed by atoms with E-state index in [-0.39, 0.29) is 53.1 Å². The van der Waals surface area contributed by atoms with E-state index in [1.165, 1.54) is 0 Å². The molecule has 0 unspecified atom stereocenters. The first-order valence-electron chi connectivity index (χ1n) is 13.5. The van der Waals surface area contributed by atoms with Crippen LogP contribution in [0.15, 0.2) is 0 Å². The molecule has 3 aliphatic rings. The van der Waals surface area contributed by atoms with E-state index in [0.29, 0.717) is 30.8 Å². The molecular weight excluding hydrogens is 414 g/mol. The standard InChI is InChI=1S/C28H47NO4/c1-7-23(31)26-21-10-9-20(18(4)8-11-25(33)29-17(2)3)28(21,6)24(32)16-22(26)27(5)14-12-19(30)13-15-27/h17-22,26,30H,7-16H2,1-6H3,(H,29,33)/t18-,19?,20-,21+,22+,26+,27?,28-/m0/s1. The van der Waals surface area contributed by atoms with Gasteiger partial charge in [-0.05, 0) is 87.9 Å². The second kappa shape index (κ2) is 10.2. The van der Waals surface area contributed by atoms with E-state index >= 15 is 0 Å². The number of carbonyl (C=O) groups is 3. The number of amides is 1. The Kier molecular flexibility index (Phi) is 8.13. The molecule has 1 amide bonds. The summed E-state index contributed by atoms with van der Waals surface area (Å²) in [6.45, 7) is 12.5. The highest BCUT2D eigenvalue weighted by Gasteiger charge is 2.62. The molecule has 3 rings (SSSR count). The van der Waals surface area contributed by atoms with Gasteiger partial charge in [0, 0.05) is 36.6 Å². The van der Waals surface area contributed by atoms with Crippen LogP contribution in [-0.2, 0) is 14.4 Å². The Bertz CT molecular complexity index is 738. The lowest BCUT2D eigenvalue weighted by molar-refractivity contribution is -0.154. The van der Waals surface area contributed by atoms with Gasteiger partial charge in [0.1, 0.15) is 11.6 Å². The molecule has 0 aromatic rings. The van der Waals surface area contributed by atoms with Crippen molar-refractivity contribution < 1.29 is 19.5 Å². The van der Waals surface area contributed by atoms with Crippen molar-refractivity contribution >= 4 is 17.5 Å². The fourth-order valence-electron chi connectivity index (χ4n) is 7.85. The number of carbonyl (C=O) groups excluding carboxylic acids is 3. The second-order valence-corrected chi connectivity index (χ2v) is 12.3. The Balaban J connectivity index is 1.82. The highest BCUT2D eigenvalue weighted by Crippen LogP contribution is 2.63. The minimum atomic E-state index is -0.468. The average Bonchev–Trinajstić information content (AvgIpc) is 3.12. The Morgan fingerprint density at radius 3 is 2.27 bits per heavy atom. The van der Waals surface area contributed by atoms with Gasteiger partial charge in [-0.15, -0.1) is 0 Å². The fraction of sp³-hybridized carbons (Fsp3) is 0.893. The van der Waals surface area contributed by atoms with Gasteiger partial charge in [0.05, 0.1) is 6.10 Å². The topological polar surface area (TPSA) is 83.5 Å². The molecule has 0 heterocycles. The van der Waals surface area contributed by atoms with Crippen molar-refractivity contribution in [2.75, 3.05) is 0 Å². The van der Waals surface area contributed by atoms with Crippen LogP contribution in [0.1, 0.15) is 106 Å². The van der Waals surface area contributed by atoms with Crippen LogP contribution in [0.3, 0.4) is 0 Å². The molecule has 0 aliphatic heterocycles. The predicted octanol–water partition coefficient (Wildman–Crippen LogP) is 5.09. The molecule has 0 saturated heterocycles. The summed E-state index contributed by atoms with van der Waals surface area (Å²) in [5.41, 5.74) is -0.519. The lowest BCUT2D eigenvalue weighted by atomic mass is 9.49. The first kappa shape index (κ1) is 26.4. The first-order valence-corrected chi connectivity index (χ1v) is 13.5. The van der Waals surface area contributed by atoms with Crippen LogP contribution >= 0.6 is 0 Å². The highest BCUT2D eigenvalue weighted by molar-refractivity contribution is 5.91.